The zero-order valence-electron chi connectivity index (χ0n) is 12.9. The summed E-state index contributed by atoms with van der Waals surface area (Å²) in [6.07, 6.45) is 0. The first kappa shape index (κ1) is 15.6. The van der Waals surface area contributed by atoms with Gasteiger partial charge in [-0.25, -0.2) is 0 Å². The van der Waals surface area contributed by atoms with E-state index in [1.165, 1.54) is 16.0 Å². The molecule has 2 rings (SSSR count). The Kier molecular flexibility index (Phi) is 5.02. The van der Waals surface area contributed by atoms with E-state index >= 15 is 0 Å². The Balaban J connectivity index is 2.22. The Bertz CT molecular complexity index is 641. The number of nitrogens with two attached hydrogens (primary N) is 1. The molecule has 0 spiro atoms. The summed E-state index contributed by atoms with van der Waals surface area (Å²) < 4.78 is 10.7. The molecule has 0 aliphatic carbocycles. The Morgan fingerprint density at radius 3 is 2.38 bits per heavy atom. The van der Waals surface area contributed by atoms with E-state index in [0.29, 0.717) is 0 Å². The number of hydrogen-bond donors (Lipinski definition) is 1. The molecule has 0 bridgehead atoms. The van der Waals surface area contributed by atoms with Crippen LogP contribution in [0.1, 0.15) is 16.7 Å². The smallest absolute Gasteiger partial charge is 0.161 e. The maximum Gasteiger partial charge on any atom is 0.161 e. The lowest BCUT2D eigenvalue weighted by Gasteiger charge is -2.13. The van der Waals surface area contributed by atoms with E-state index in [0.717, 1.165) is 28.5 Å². The van der Waals surface area contributed by atoms with E-state index in [4.69, 9.17) is 15.2 Å². The minimum absolute atomic E-state index is 0.767. The summed E-state index contributed by atoms with van der Waals surface area (Å²) in [4.78, 5) is 1.21. The molecule has 4 heteroatoms. The highest BCUT2D eigenvalue weighted by Crippen LogP contribution is 2.34. The molecular formula is C17H21NO2S. The van der Waals surface area contributed by atoms with Gasteiger partial charge in [0.25, 0.3) is 0 Å². The van der Waals surface area contributed by atoms with Gasteiger partial charge in [-0.15, -0.1) is 11.8 Å². The van der Waals surface area contributed by atoms with Crippen molar-refractivity contribution in [3.05, 3.63) is 47.0 Å². The largest absolute Gasteiger partial charge is 0.493 e. The number of thioether (sulfide) groups is 1. The highest BCUT2D eigenvalue weighted by molar-refractivity contribution is 7.98. The van der Waals surface area contributed by atoms with Crippen molar-refractivity contribution in [1.82, 2.24) is 0 Å². The lowest BCUT2D eigenvalue weighted by atomic mass is 10.1. The Hall–Kier alpha value is -1.81. The SMILES string of the molecule is COc1cc(C)c(CSc2cccc(N)c2C)cc1OC. The molecule has 2 aromatic rings. The van der Waals surface area contributed by atoms with Gasteiger partial charge in [0.2, 0.25) is 0 Å². The first-order valence-corrected chi connectivity index (χ1v) is 7.74. The van der Waals surface area contributed by atoms with Crippen LogP contribution in [-0.2, 0) is 5.75 Å². The summed E-state index contributed by atoms with van der Waals surface area (Å²) in [6.45, 7) is 4.14. The minimum Gasteiger partial charge on any atom is -0.493 e. The molecule has 0 fully saturated rings. The molecule has 3 nitrogen and oxygen atoms in total. The van der Waals surface area contributed by atoms with Crippen molar-refractivity contribution in [2.24, 2.45) is 0 Å². The molecule has 0 aromatic heterocycles. The van der Waals surface area contributed by atoms with E-state index in [-0.39, 0.29) is 0 Å². The van der Waals surface area contributed by atoms with Crippen LogP contribution in [-0.4, -0.2) is 14.2 Å². The molecule has 0 aliphatic heterocycles. The molecule has 2 N–H and O–H groups in total. The molecular weight excluding hydrogens is 282 g/mol. The van der Waals surface area contributed by atoms with Crippen molar-refractivity contribution in [3.63, 3.8) is 0 Å². The maximum atomic E-state index is 5.95. The molecule has 112 valence electrons. The Morgan fingerprint density at radius 2 is 1.71 bits per heavy atom. The van der Waals surface area contributed by atoms with Gasteiger partial charge in [0, 0.05) is 16.3 Å². The monoisotopic (exact) mass is 303 g/mol. The van der Waals surface area contributed by atoms with Crippen molar-refractivity contribution in [3.8, 4) is 11.5 Å². The molecule has 21 heavy (non-hydrogen) atoms. The second-order valence-corrected chi connectivity index (χ2v) is 5.91. The van der Waals surface area contributed by atoms with Crippen LogP contribution in [0.5, 0.6) is 11.5 Å². The second kappa shape index (κ2) is 6.76. The van der Waals surface area contributed by atoms with Crippen molar-refractivity contribution in [2.45, 2.75) is 24.5 Å². The highest BCUT2D eigenvalue weighted by Gasteiger charge is 2.10. The summed E-state index contributed by atoms with van der Waals surface area (Å²) in [7, 11) is 3.31. The maximum absolute atomic E-state index is 5.95. The molecule has 0 amide bonds. The third-order valence-electron chi connectivity index (χ3n) is 3.55. The molecule has 0 saturated heterocycles. The van der Waals surface area contributed by atoms with Crippen LogP contribution in [0.25, 0.3) is 0 Å². The van der Waals surface area contributed by atoms with Gasteiger partial charge in [0.15, 0.2) is 11.5 Å². The third kappa shape index (κ3) is 3.45. The molecule has 0 aliphatic rings. The van der Waals surface area contributed by atoms with Crippen LogP contribution in [0.2, 0.25) is 0 Å². The summed E-state index contributed by atoms with van der Waals surface area (Å²) in [5, 5.41) is 0. The van der Waals surface area contributed by atoms with Crippen LogP contribution in [0.4, 0.5) is 5.69 Å². The summed E-state index contributed by atoms with van der Waals surface area (Å²) in [6, 6.07) is 10.1. The van der Waals surface area contributed by atoms with Crippen molar-refractivity contribution in [1.29, 1.82) is 0 Å². The molecule has 2 aromatic carbocycles. The lowest BCUT2D eigenvalue weighted by Crippen LogP contribution is -1.95. The van der Waals surface area contributed by atoms with Crippen LogP contribution in [0.3, 0.4) is 0 Å². The predicted molar refractivity (Wildman–Crippen MR) is 89.4 cm³/mol. The fourth-order valence-corrected chi connectivity index (χ4v) is 3.25. The van der Waals surface area contributed by atoms with E-state index in [9.17, 15) is 0 Å². The van der Waals surface area contributed by atoms with Crippen LogP contribution in [0, 0.1) is 13.8 Å². The standard InChI is InChI=1S/C17H21NO2S/c1-11-8-15(19-3)16(20-4)9-13(11)10-21-17-7-5-6-14(18)12(17)2/h5-9H,10,18H2,1-4H3. The second-order valence-electron chi connectivity index (χ2n) is 4.89. The van der Waals surface area contributed by atoms with E-state index in [1.807, 2.05) is 24.3 Å². The number of rotatable bonds is 5. The van der Waals surface area contributed by atoms with Crippen molar-refractivity contribution in [2.75, 3.05) is 20.0 Å². The van der Waals surface area contributed by atoms with Gasteiger partial charge >= 0.3 is 0 Å². The highest BCUT2D eigenvalue weighted by atomic mass is 32.2. The first-order valence-electron chi connectivity index (χ1n) is 6.76. The number of benzene rings is 2. The molecule has 0 saturated carbocycles. The van der Waals surface area contributed by atoms with Gasteiger partial charge in [0.1, 0.15) is 0 Å². The molecule has 0 atom stereocenters. The fourth-order valence-electron chi connectivity index (χ4n) is 2.12. The van der Waals surface area contributed by atoms with Crippen LogP contribution in [0.15, 0.2) is 35.2 Å². The third-order valence-corrected chi connectivity index (χ3v) is 4.76. The normalized spacial score (nSPS) is 10.5. The molecule has 0 radical (unpaired) electrons. The van der Waals surface area contributed by atoms with E-state index in [1.54, 1.807) is 26.0 Å². The van der Waals surface area contributed by atoms with Crippen molar-refractivity contribution >= 4 is 17.4 Å². The van der Waals surface area contributed by atoms with Gasteiger partial charge in [-0.3, -0.25) is 0 Å². The van der Waals surface area contributed by atoms with Crippen LogP contribution >= 0.6 is 11.8 Å². The Morgan fingerprint density at radius 1 is 1.05 bits per heavy atom. The van der Waals surface area contributed by atoms with E-state index in [2.05, 4.69) is 19.9 Å². The van der Waals surface area contributed by atoms with Crippen molar-refractivity contribution < 1.29 is 9.47 Å². The number of aryl methyl sites for hydroxylation is 1. The first-order chi connectivity index (χ1) is 10.1. The Labute approximate surface area is 130 Å². The van der Waals surface area contributed by atoms with Gasteiger partial charge in [-0.05, 0) is 54.8 Å². The van der Waals surface area contributed by atoms with Gasteiger partial charge in [0.05, 0.1) is 14.2 Å². The summed E-state index contributed by atoms with van der Waals surface area (Å²) in [5.74, 6) is 2.41. The average Bonchev–Trinajstić information content (AvgIpc) is 2.49. The summed E-state index contributed by atoms with van der Waals surface area (Å²) in [5.41, 5.74) is 10.4. The number of nitrogen functional groups attached to an aromatic ring is 1. The topological polar surface area (TPSA) is 44.5 Å². The van der Waals surface area contributed by atoms with E-state index < -0.39 is 0 Å². The van der Waals surface area contributed by atoms with Gasteiger partial charge < -0.3 is 15.2 Å². The number of hydrogen-bond acceptors (Lipinski definition) is 4. The summed E-state index contributed by atoms with van der Waals surface area (Å²) >= 11 is 1.78. The average molecular weight is 303 g/mol. The van der Waals surface area contributed by atoms with Gasteiger partial charge in [-0.1, -0.05) is 6.07 Å². The zero-order chi connectivity index (χ0) is 15.4. The fraction of sp³-hybridized carbons (Fsp3) is 0.294. The van der Waals surface area contributed by atoms with Crippen LogP contribution < -0.4 is 15.2 Å². The quantitative estimate of drug-likeness (QED) is 0.664. The molecule has 0 unspecified atom stereocenters. The predicted octanol–water partition coefficient (Wildman–Crippen LogP) is 4.20. The lowest BCUT2D eigenvalue weighted by molar-refractivity contribution is 0.354. The number of ether oxygens (including phenoxy) is 2. The zero-order valence-corrected chi connectivity index (χ0v) is 13.7. The number of anilines is 1. The van der Waals surface area contributed by atoms with Gasteiger partial charge in [-0.2, -0.15) is 0 Å². The minimum atomic E-state index is 0.767. The molecule has 0 heterocycles. The number of methoxy groups -OCH3 is 2.